The first-order valence-corrected chi connectivity index (χ1v) is 8.15. The van der Waals surface area contributed by atoms with Crippen molar-refractivity contribution in [2.75, 3.05) is 0 Å². The van der Waals surface area contributed by atoms with Crippen molar-refractivity contribution < 1.29 is 9.18 Å². The Kier molecular flexibility index (Phi) is 4.88. The minimum atomic E-state index is -0.325. The summed E-state index contributed by atoms with van der Waals surface area (Å²) in [5.41, 5.74) is 2.52. The molecule has 3 aromatic rings. The molecule has 0 aliphatic carbocycles. The summed E-state index contributed by atoms with van der Waals surface area (Å²) in [6.45, 7) is 3.94. The van der Waals surface area contributed by atoms with Gasteiger partial charge >= 0.3 is 0 Å². The van der Waals surface area contributed by atoms with E-state index >= 15 is 0 Å². The molecule has 0 unspecified atom stereocenters. The lowest BCUT2D eigenvalue weighted by Crippen LogP contribution is -2.32. The third kappa shape index (κ3) is 3.74. The summed E-state index contributed by atoms with van der Waals surface area (Å²) in [5.74, 6) is -0.561. The van der Waals surface area contributed by atoms with Crippen molar-refractivity contribution in [1.29, 1.82) is 0 Å². The molecule has 0 saturated carbocycles. The highest BCUT2D eigenvalue weighted by atomic mass is 19.1. The van der Waals surface area contributed by atoms with Crippen molar-refractivity contribution >= 4 is 5.91 Å². The van der Waals surface area contributed by atoms with Crippen molar-refractivity contribution in [3.05, 3.63) is 66.4 Å². The highest BCUT2D eigenvalue weighted by Crippen LogP contribution is 2.23. The third-order valence-electron chi connectivity index (χ3n) is 3.96. The predicted octanol–water partition coefficient (Wildman–Crippen LogP) is 3.60. The normalized spacial score (nSPS) is 12.0. The van der Waals surface area contributed by atoms with Gasteiger partial charge in [-0.05, 0) is 55.8 Å². The van der Waals surface area contributed by atoms with Crippen molar-refractivity contribution in [2.24, 2.45) is 0 Å². The second kappa shape index (κ2) is 7.25. The number of hydrogen-bond donors (Lipinski definition) is 1. The van der Waals surface area contributed by atoms with Crippen LogP contribution in [-0.4, -0.2) is 26.7 Å². The average molecular weight is 338 g/mol. The lowest BCUT2D eigenvalue weighted by molar-refractivity contribution is 0.0934. The van der Waals surface area contributed by atoms with Crippen LogP contribution < -0.4 is 5.32 Å². The number of nitrogens with one attached hydrogen (secondary N) is 1. The maximum Gasteiger partial charge on any atom is 0.272 e. The van der Waals surface area contributed by atoms with Gasteiger partial charge in [0.1, 0.15) is 5.82 Å². The lowest BCUT2D eigenvalue weighted by Gasteiger charge is -2.09. The summed E-state index contributed by atoms with van der Waals surface area (Å²) >= 11 is 0. The SMILES string of the molecule is CC[C@H](C)NC(=O)c1cc(-c2cccnc2)n(-c2ccc(F)cc2)n1. The molecule has 1 amide bonds. The standard InChI is InChI=1S/C19H19FN4O/c1-3-13(2)22-19(25)17-11-18(14-5-4-10-21-12-14)24(23-17)16-8-6-15(20)7-9-16/h4-13H,3H2,1-2H3,(H,22,25)/t13-/m0/s1. The molecule has 0 spiro atoms. The Hall–Kier alpha value is -3.02. The van der Waals surface area contributed by atoms with Crippen LogP contribution >= 0.6 is 0 Å². The summed E-state index contributed by atoms with van der Waals surface area (Å²) in [7, 11) is 0. The van der Waals surface area contributed by atoms with Crippen LogP contribution in [0.15, 0.2) is 54.9 Å². The summed E-state index contributed by atoms with van der Waals surface area (Å²) in [6, 6.07) is 11.5. The lowest BCUT2D eigenvalue weighted by atomic mass is 10.2. The molecule has 1 aromatic carbocycles. The van der Waals surface area contributed by atoms with Gasteiger partial charge in [-0.2, -0.15) is 5.10 Å². The number of rotatable bonds is 5. The molecular formula is C19H19FN4O. The van der Waals surface area contributed by atoms with Gasteiger partial charge in [-0.3, -0.25) is 9.78 Å². The largest absolute Gasteiger partial charge is 0.348 e. The predicted molar refractivity (Wildman–Crippen MR) is 94.0 cm³/mol. The minimum Gasteiger partial charge on any atom is -0.348 e. The van der Waals surface area contributed by atoms with Crippen LogP contribution in [0, 0.1) is 5.82 Å². The van der Waals surface area contributed by atoms with E-state index in [-0.39, 0.29) is 17.8 Å². The molecule has 0 radical (unpaired) electrons. The van der Waals surface area contributed by atoms with Gasteiger partial charge in [0.25, 0.3) is 5.91 Å². The van der Waals surface area contributed by atoms with Crippen molar-refractivity contribution in [3.8, 4) is 16.9 Å². The van der Waals surface area contributed by atoms with Gasteiger partial charge in [0.05, 0.1) is 11.4 Å². The van der Waals surface area contributed by atoms with E-state index in [4.69, 9.17) is 0 Å². The van der Waals surface area contributed by atoms with Crippen LogP contribution in [0.25, 0.3) is 16.9 Å². The van der Waals surface area contributed by atoms with Gasteiger partial charge < -0.3 is 5.32 Å². The van der Waals surface area contributed by atoms with Crippen LogP contribution in [-0.2, 0) is 0 Å². The Morgan fingerprint density at radius 1 is 1.28 bits per heavy atom. The third-order valence-corrected chi connectivity index (χ3v) is 3.96. The minimum absolute atomic E-state index is 0.0605. The zero-order chi connectivity index (χ0) is 17.8. The number of amides is 1. The molecule has 0 aliphatic rings. The molecule has 2 heterocycles. The molecule has 128 valence electrons. The number of aromatic nitrogens is 3. The van der Waals surface area contributed by atoms with E-state index in [1.165, 1.54) is 12.1 Å². The van der Waals surface area contributed by atoms with E-state index in [0.29, 0.717) is 17.1 Å². The summed E-state index contributed by atoms with van der Waals surface area (Å²) in [4.78, 5) is 16.6. The van der Waals surface area contributed by atoms with Crippen LogP contribution in [0.1, 0.15) is 30.8 Å². The zero-order valence-corrected chi connectivity index (χ0v) is 14.1. The first-order valence-electron chi connectivity index (χ1n) is 8.15. The molecule has 0 bridgehead atoms. The summed E-state index contributed by atoms with van der Waals surface area (Å²) in [6.07, 6.45) is 4.21. The van der Waals surface area contributed by atoms with Crippen molar-refractivity contribution in [3.63, 3.8) is 0 Å². The van der Waals surface area contributed by atoms with Gasteiger partial charge in [0, 0.05) is 24.0 Å². The van der Waals surface area contributed by atoms with E-state index in [1.807, 2.05) is 26.0 Å². The smallest absolute Gasteiger partial charge is 0.272 e. The number of hydrogen-bond acceptors (Lipinski definition) is 3. The fourth-order valence-electron chi connectivity index (χ4n) is 2.39. The number of carbonyl (C=O) groups is 1. The van der Waals surface area contributed by atoms with E-state index in [2.05, 4.69) is 15.4 Å². The number of nitrogens with zero attached hydrogens (tertiary/aromatic N) is 3. The Balaban J connectivity index is 2.06. The van der Waals surface area contributed by atoms with Crippen molar-refractivity contribution in [1.82, 2.24) is 20.1 Å². The summed E-state index contributed by atoms with van der Waals surface area (Å²) in [5, 5.41) is 7.34. The fourth-order valence-corrected chi connectivity index (χ4v) is 2.39. The molecule has 5 nitrogen and oxygen atoms in total. The molecule has 0 saturated heterocycles. The zero-order valence-electron chi connectivity index (χ0n) is 14.1. The summed E-state index contributed by atoms with van der Waals surface area (Å²) < 4.78 is 14.9. The van der Waals surface area contributed by atoms with Gasteiger partial charge in [0.2, 0.25) is 0 Å². The van der Waals surface area contributed by atoms with E-state index in [9.17, 15) is 9.18 Å². The highest BCUT2D eigenvalue weighted by molar-refractivity contribution is 5.93. The number of carbonyl (C=O) groups excluding carboxylic acids is 1. The number of halogens is 1. The van der Waals surface area contributed by atoms with Crippen LogP contribution in [0.3, 0.4) is 0 Å². The molecule has 0 fully saturated rings. The molecule has 3 rings (SSSR count). The van der Waals surface area contributed by atoms with Gasteiger partial charge in [-0.1, -0.05) is 6.92 Å². The van der Waals surface area contributed by atoms with E-state index in [1.54, 1.807) is 35.3 Å². The Morgan fingerprint density at radius 3 is 2.68 bits per heavy atom. The van der Waals surface area contributed by atoms with Crippen LogP contribution in [0.2, 0.25) is 0 Å². The maximum atomic E-state index is 13.2. The Labute approximate surface area is 145 Å². The number of benzene rings is 1. The molecule has 25 heavy (non-hydrogen) atoms. The molecule has 1 atom stereocenters. The highest BCUT2D eigenvalue weighted by Gasteiger charge is 2.18. The van der Waals surface area contributed by atoms with Crippen LogP contribution in [0.4, 0.5) is 4.39 Å². The molecular weight excluding hydrogens is 319 g/mol. The van der Waals surface area contributed by atoms with Gasteiger partial charge in [-0.25, -0.2) is 9.07 Å². The first kappa shape index (κ1) is 16.8. The second-order valence-electron chi connectivity index (χ2n) is 5.83. The molecule has 6 heteroatoms. The van der Waals surface area contributed by atoms with E-state index < -0.39 is 0 Å². The quantitative estimate of drug-likeness (QED) is 0.773. The van der Waals surface area contributed by atoms with E-state index in [0.717, 1.165) is 12.0 Å². The Bertz CT molecular complexity index is 859. The maximum absolute atomic E-state index is 13.2. The second-order valence-corrected chi connectivity index (χ2v) is 5.83. The van der Waals surface area contributed by atoms with Crippen LogP contribution in [0.5, 0.6) is 0 Å². The monoisotopic (exact) mass is 338 g/mol. The number of pyridine rings is 1. The Morgan fingerprint density at radius 2 is 2.04 bits per heavy atom. The van der Waals surface area contributed by atoms with Gasteiger partial charge in [0.15, 0.2) is 5.69 Å². The molecule has 0 aliphatic heterocycles. The topological polar surface area (TPSA) is 59.8 Å². The molecule has 2 aromatic heterocycles. The van der Waals surface area contributed by atoms with Crippen molar-refractivity contribution in [2.45, 2.75) is 26.3 Å². The average Bonchev–Trinajstić information content (AvgIpc) is 3.08. The van der Waals surface area contributed by atoms with Gasteiger partial charge in [-0.15, -0.1) is 0 Å². The first-order chi connectivity index (χ1) is 12.1. The molecule has 1 N–H and O–H groups in total. The fraction of sp³-hybridized carbons (Fsp3) is 0.211.